The van der Waals surface area contributed by atoms with Gasteiger partial charge < -0.3 is 14.8 Å². The van der Waals surface area contributed by atoms with Gasteiger partial charge in [-0.25, -0.2) is 8.42 Å². The minimum absolute atomic E-state index is 0.104. The van der Waals surface area contributed by atoms with Gasteiger partial charge in [0, 0.05) is 25.2 Å². The van der Waals surface area contributed by atoms with Crippen molar-refractivity contribution >= 4 is 15.9 Å². The van der Waals surface area contributed by atoms with Crippen molar-refractivity contribution in [3.8, 4) is 5.75 Å². The number of ether oxygens (including phenoxy) is 2. The van der Waals surface area contributed by atoms with Crippen LogP contribution in [0.1, 0.15) is 29.8 Å². The molecule has 1 heterocycles. The predicted octanol–water partition coefficient (Wildman–Crippen LogP) is 2.42. The van der Waals surface area contributed by atoms with Crippen LogP contribution in [0.25, 0.3) is 0 Å². The molecular weight excluding hydrogens is 392 g/mol. The number of amides is 1. The zero-order valence-corrected chi connectivity index (χ0v) is 17.6. The van der Waals surface area contributed by atoms with Crippen LogP contribution in [0.3, 0.4) is 0 Å². The standard InChI is InChI=1S/C21H26N2O5S/c1-15-13-23(14-16(2)28-15)29(25,26)20-9-5-7-18(11-20)21(24)22-12-17-6-4-8-19(10-17)27-3/h4-11,15-16H,12-14H2,1-3H3,(H,22,24)/t15-,16-/m1/s1. The quantitative estimate of drug-likeness (QED) is 0.779. The summed E-state index contributed by atoms with van der Waals surface area (Å²) < 4.78 is 38.3. The van der Waals surface area contributed by atoms with E-state index in [1.165, 1.54) is 16.4 Å². The van der Waals surface area contributed by atoms with Gasteiger partial charge in [0.25, 0.3) is 5.91 Å². The molecule has 2 aromatic carbocycles. The Morgan fingerprint density at radius 1 is 1.14 bits per heavy atom. The number of sulfonamides is 1. The number of morpholine rings is 1. The number of hydrogen-bond acceptors (Lipinski definition) is 5. The number of benzene rings is 2. The van der Waals surface area contributed by atoms with Crippen LogP contribution in [0.5, 0.6) is 5.75 Å². The van der Waals surface area contributed by atoms with Crippen LogP contribution >= 0.6 is 0 Å². The normalized spacial score (nSPS) is 20.2. The van der Waals surface area contributed by atoms with E-state index in [9.17, 15) is 13.2 Å². The van der Waals surface area contributed by atoms with Crippen LogP contribution < -0.4 is 10.1 Å². The first-order valence-electron chi connectivity index (χ1n) is 9.46. The zero-order valence-electron chi connectivity index (χ0n) is 16.8. The predicted molar refractivity (Wildman–Crippen MR) is 109 cm³/mol. The molecule has 8 heteroatoms. The topological polar surface area (TPSA) is 84.9 Å². The van der Waals surface area contributed by atoms with Crippen molar-refractivity contribution in [2.24, 2.45) is 0 Å². The number of carbonyl (C=O) groups excluding carboxylic acids is 1. The van der Waals surface area contributed by atoms with Crippen molar-refractivity contribution in [1.82, 2.24) is 9.62 Å². The third-order valence-electron chi connectivity index (χ3n) is 4.71. The lowest BCUT2D eigenvalue weighted by Crippen LogP contribution is -2.48. The van der Waals surface area contributed by atoms with Gasteiger partial charge in [0.1, 0.15) is 5.75 Å². The van der Waals surface area contributed by atoms with Gasteiger partial charge in [0.15, 0.2) is 0 Å². The van der Waals surface area contributed by atoms with Gasteiger partial charge in [-0.2, -0.15) is 4.31 Å². The van der Waals surface area contributed by atoms with Crippen molar-refractivity contribution in [3.63, 3.8) is 0 Å². The van der Waals surface area contributed by atoms with Crippen molar-refractivity contribution in [2.45, 2.75) is 37.5 Å². The van der Waals surface area contributed by atoms with E-state index in [1.807, 2.05) is 38.1 Å². The van der Waals surface area contributed by atoms with E-state index in [0.29, 0.717) is 30.9 Å². The minimum atomic E-state index is -3.70. The summed E-state index contributed by atoms with van der Waals surface area (Å²) in [6.45, 7) is 4.59. The van der Waals surface area contributed by atoms with Crippen molar-refractivity contribution in [3.05, 3.63) is 59.7 Å². The van der Waals surface area contributed by atoms with Gasteiger partial charge in [-0.1, -0.05) is 18.2 Å². The molecule has 1 aliphatic rings. The number of nitrogens with one attached hydrogen (secondary N) is 1. The highest BCUT2D eigenvalue weighted by atomic mass is 32.2. The fraction of sp³-hybridized carbons (Fsp3) is 0.381. The Labute approximate surface area is 171 Å². The molecule has 0 saturated carbocycles. The Bertz CT molecular complexity index is 967. The molecule has 2 atom stereocenters. The van der Waals surface area contributed by atoms with E-state index in [0.717, 1.165) is 5.56 Å². The Balaban J connectivity index is 1.73. The van der Waals surface area contributed by atoms with Crippen LogP contribution in [-0.4, -0.2) is 51.0 Å². The molecule has 1 amide bonds. The van der Waals surface area contributed by atoms with Crippen molar-refractivity contribution in [1.29, 1.82) is 0 Å². The van der Waals surface area contributed by atoms with Crippen molar-refractivity contribution < 1.29 is 22.7 Å². The third kappa shape index (κ3) is 5.14. The zero-order chi connectivity index (χ0) is 21.0. The van der Waals surface area contributed by atoms with Gasteiger partial charge in [-0.05, 0) is 49.7 Å². The monoisotopic (exact) mass is 418 g/mol. The Morgan fingerprint density at radius 3 is 2.52 bits per heavy atom. The second kappa shape index (κ2) is 8.94. The van der Waals surface area contributed by atoms with Gasteiger partial charge in [-0.15, -0.1) is 0 Å². The van der Waals surface area contributed by atoms with E-state index < -0.39 is 10.0 Å². The molecule has 1 saturated heterocycles. The minimum Gasteiger partial charge on any atom is -0.497 e. The molecule has 0 spiro atoms. The summed E-state index contributed by atoms with van der Waals surface area (Å²) in [5.74, 6) is 0.368. The summed E-state index contributed by atoms with van der Waals surface area (Å²) in [7, 11) is -2.12. The average molecular weight is 419 g/mol. The van der Waals surface area contributed by atoms with Crippen LogP contribution in [-0.2, 0) is 21.3 Å². The third-order valence-corrected chi connectivity index (χ3v) is 6.53. The number of rotatable bonds is 6. The molecule has 0 aromatic heterocycles. The molecule has 0 radical (unpaired) electrons. The first-order chi connectivity index (χ1) is 13.8. The van der Waals surface area contributed by atoms with Crippen LogP contribution in [0, 0.1) is 0 Å². The molecule has 2 aromatic rings. The lowest BCUT2D eigenvalue weighted by atomic mass is 10.2. The summed E-state index contributed by atoms with van der Waals surface area (Å²) >= 11 is 0. The molecule has 0 aliphatic carbocycles. The summed E-state index contributed by atoms with van der Waals surface area (Å²) in [5.41, 5.74) is 1.18. The first-order valence-corrected chi connectivity index (χ1v) is 10.9. The number of nitrogens with zero attached hydrogens (tertiary/aromatic N) is 1. The smallest absolute Gasteiger partial charge is 0.251 e. The lowest BCUT2D eigenvalue weighted by molar-refractivity contribution is -0.0440. The van der Waals surface area contributed by atoms with E-state index in [1.54, 1.807) is 19.2 Å². The molecule has 29 heavy (non-hydrogen) atoms. The number of methoxy groups -OCH3 is 1. The molecule has 0 unspecified atom stereocenters. The molecule has 1 fully saturated rings. The SMILES string of the molecule is COc1cccc(CNC(=O)c2cccc(S(=O)(=O)N3C[C@@H](C)O[C@H](C)C3)c2)c1. The van der Waals surface area contributed by atoms with Crippen LogP contribution in [0.2, 0.25) is 0 Å². The van der Waals surface area contributed by atoms with Crippen molar-refractivity contribution in [2.75, 3.05) is 20.2 Å². The molecule has 3 rings (SSSR count). The molecular formula is C21H26N2O5S. The van der Waals surface area contributed by atoms with Gasteiger partial charge in [0.05, 0.1) is 24.2 Å². The van der Waals surface area contributed by atoms with E-state index >= 15 is 0 Å². The first kappa shape index (κ1) is 21.3. The Morgan fingerprint density at radius 2 is 1.83 bits per heavy atom. The number of carbonyl (C=O) groups is 1. The molecule has 0 bridgehead atoms. The summed E-state index contributed by atoms with van der Waals surface area (Å²) in [4.78, 5) is 12.7. The lowest BCUT2D eigenvalue weighted by Gasteiger charge is -2.34. The highest BCUT2D eigenvalue weighted by Gasteiger charge is 2.32. The molecule has 1 N–H and O–H groups in total. The largest absolute Gasteiger partial charge is 0.497 e. The Kier molecular flexibility index (Phi) is 6.56. The maximum Gasteiger partial charge on any atom is 0.251 e. The van der Waals surface area contributed by atoms with Gasteiger partial charge in [-0.3, -0.25) is 4.79 Å². The van der Waals surface area contributed by atoms with Crippen LogP contribution in [0.15, 0.2) is 53.4 Å². The summed E-state index contributed by atoms with van der Waals surface area (Å²) in [6.07, 6.45) is -0.356. The number of hydrogen-bond donors (Lipinski definition) is 1. The highest BCUT2D eigenvalue weighted by molar-refractivity contribution is 7.89. The van der Waals surface area contributed by atoms with E-state index in [2.05, 4.69) is 5.32 Å². The summed E-state index contributed by atoms with van der Waals surface area (Å²) in [6, 6.07) is 13.5. The van der Waals surface area contributed by atoms with Crippen LogP contribution in [0.4, 0.5) is 0 Å². The maximum atomic E-state index is 13.0. The van der Waals surface area contributed by atoms with E-state index in [-0.39, 0.29) is 23.0 Å². The second-order valence-corrected chi connectivity index (χ2v) is 9.08. The van der Waals surface area contributed by atoms with Gasteiger partial charge in [0.2, 0.25) is 10.0 Å². The summed E-state index contributed by atoms with van der Waals surface area (Å²) in [5, 5.41) is 2.82. The highest BCUT2D eigenvalue weighted by Crippen LogP contribution is 2.22. The Hall–Kier alpha value is -2.42. The second-order valence-electron chi connectivity index (χ2n) is 7.14. The molecule has 7 nitrogen and oxygen atoms in total. The van der Waals surface area contributed by atoms with Gasteiger partial charge >= 0.3 is 0 Å². The average Bonchev–Trinajstić information content (AvgIpc) is 2.71. The van der Waals surface area contributed by atoms with E-state index in [4.69, 9.17) is 9.47 Å². The molecule has 1 aliphatic heterocycles. The fourth-order valence-electron chi connectivity index (χ4n) is 3.34. The molecule has 156 valence electrons. The maximum absolute atomic E-state index is 13.0. The fourth-order valence-corrected chi connectivity index (χ4v) is 4.98.